The number of nitrogens with zero attached hydrogens (tertiary/aromatic N) is 1. The van der Waals surface area contributed by atoms with Gasteiger partial charge in [0, 0.05) is 18.2 Å². The molecule has 1 aromatic rings. The first kappa shape index (κ1) is 15.3. The van der Waals surface area contributed by atoms with E-state index in [1.54, 1.807) is 24.3 Å². The molecular formula is C16H22N2O3S. The summed E-state index contributed by atoms with van der Waals surface area (Å²) in [6.45, 7) is 2.49. The van der Waals surface area contributed by atoms with Gasteiger partial charge in [-0.25, -0.2) is 8.42 Å². The van der Waals surface area contributed by atoms with Crippen LogP contribution < -0.4 is 9.62 Å². The standard InChI is InChI=1S/C16H22N2O3S/c1-12(13-4-5-13)16(19)17-14-6-8-15(9-7-14)18-10-2-3-11-22(18,20)21/h6-9,12-13H,2-5,10-11H2,1H3,(H,17,19). The topological polar surface area (TPSA) is 66.5 Å². The quantitative estimate of drug-likeness (QED) is 0.926. The summed E-state index contributed by atoms with van der Waals surface area (Å²) in [6.07, 6.45) is 3.89. The molecule has 1 unspecified atom stereocenters. The second-order valence-corrected chi connectivity index (χ2v) is 8.27. The highest BCUT2D eigenvalue weighted by Gasteiger charge is 2.32. The molecule has 1 amide bonds. The van der Waals surface area contributed by atoms with Crippen LogP contribution in [0.25, 0.3) is 0 Å². The lowest BCUT2D eigenvalue weighted by Crippen LogP contribution is -2.37. The van der Waals surface area contributed by atoms with E-state index in [-0.39, 0.29) is 17.6 Å². The van der Waals surface area contributed by atoms with E-state index < -0.39 is 10.0 Å². The monoisotopic (exact) mass is 322 g/mol. The Labute approximate surface area is 131 Å². The number of anilines is 2. The normalized spacial score (nSPS) is 22.1. The smallest absolute Gasteiger partial charge is 0.235 e. The van der Waals surface area contributed by atoms with E-state index in [1.165, 1.54) is 4.31 Å². The average Bonchev–Trinajstić information content (AvgIpc) is 3.32. The first-order chi connectivity index (χ1) is 10.5. The van der Waals surface area contributed by atoms with E-state index in [4.69, 9.17) is 0 Å². The van der Waals surface area contributed by atoms with E-state index >= 15 is 0 Å². The Morgan fingerprint density at radius 3 is 2.50 bits per heavy atom. The molecule has 1 aliphatic heterocycles. The summed E-state index contributed by atoms with van der Waals surface area (Å²) in [6, 6.07) is 7.08. The van der Waals surface area contributed by atoms with Gasteiger partial charge in [0.1, 0.15) is 0 Å². The number of carbonyl (C=O) groups is 1. The van der Waals surface area contributed by atoms with E-state index in [0.29, 0.717) is 18.2 Å². The Kier molecular flexibility index (Phi) is 4.12. The third-order valence-corrected chi connectivity index (χ3v) is 6.38. The number of rotatable bonds is 4. The van der Waals surface area contributed by atoms with Gasteiger partial charge in [-0.3, -0.25) is 9.10 Å². The van der Waals surface area contributed by atoms with Gasteiger partial charge in [-0.2, -0.15) is 0 Å². The molecule has 22 heavy (non-hydrogen) atoms. The van der Waals surface area contributed by atoms with Crippen LogP contribution in [0.3, 0.4) is 0 Å². The second-order valence-electron chi connectivity index (χ2n) is 6.26. The Bertz CT molecular complexity index is 650. The molecule has 6 heteroatoms. The van der Waals surface area contributed by atoms with Crippen molar-refractivity contribution in [3.05, 3.63) is 24.3 Å². The minimum absolute atomic E-state index is 0.0424. The summed E-state index contributed by atoms with van der Waals surface area (Å²) in [4.78, 5) is 12.1. The van der Waals surface area contributed by atoms with Crippen molar-refractivity contribution in [1.82, 2.24) is 0 Å². The molecular weight excluding hydrogens is 300 g/mol. The highest BCUT2D eigenvalue weighted by Crippen LogP contribution is 2.37. The fraction of sp³-hybridized carbons (Fsp3) is 0.562. The van der Waals surface area contributed by atoms with Gasteiger partial charge in [0.25, 0.3) is 0 Å². The van der Waals surface area contributed by atoms with Crippen LogP contribution in [0.5, 0.6) is 0 Å². The van der Waals surface area contributed by atoms with Crippen molar-refractivity contribution in [2.24, 2.45) is 11.8 Å². The maximum atomic E-state index is 12.1. The van der Waals surface area contributed by atoms with Crippen molar-refractivity contribution >= 4 is 27.3 Å². The summed E-state index contributed by atoms with van der Waals surface area (Å²) in [5, 5.41) is 2.91. The summed E-state index contributed by atoms with van der Waals surface area (Å²) in [5.41, 5.74) is 1.39. The van der Waals surface area contributed by atoms with Gasteiger partial charge in [0.2, 0.25) is 15.9 Å². The number of hydrogen-bond donors (Lipinski definition) is 1. The number of sulfonamides is 1. The van der Waals surface area contributed by atoms with Crippen LogP contribution in [0.1, 0.15) is 32.6 Å². The molecule has 1 heterocycles. The number of nitrogens with one attached hydrogen (secondary N) is 1. The van der Waals surface area contributed by atoms with Crippen molar-refractivity contribution in [3.8, 4) is 0 Å². The molecule has 1 aromatic carbocycles. The maximum absolute atomic E-state index is 12.1. The maximum Gasteiger partial charge on any atom is 0.235 e. The van der Waals surface area contributed by atoms with Gasteiger partial charge in [-0.15, -0.1) is 0 Å². The van der Waals surface area contributed by atoms with Crippen LogP contribution in [0.2, 0.25) is 0 Å². The average molecular weight is 322 g/mol. The molecule has 120 valence electrons. The van der Waals surface area contributed by atoms with Crippen LogP contribution >= 0.6 is 0 Å². The minimum atomic E-state index is -3.18. The van der Waals surface area contributed by atoms with E-state index in [1.807, 2.05) is 6.92 Å². The van der Waals surface area contributed by atoms with Crippen LogP contribution in [-0.2, 0) is 14.8 Å². The third kappa shape index (κ3) is 3.27. The van der Waals surface area contributed by atoms with Crippen molar-refractivity contribution in [3.63, 3.8) is 0 Å². The third-order valence-electron chi connectivity index (χ3n) is 4.51. The Hall–Kier alpha value is -1.56. The van der Waals surface area contributed by atoms with Crippen LogP contribution in [0.15, 0.2) is 24.3 Å². The lowest BCUT2D eigenvalue weighted by molar-refractivity contribution is -0.119. The van der Waals surface area contributed by atoms with Gasteiger partial charge in [0.15, 0.2) is 0 Å². The molecule has 5 nitrogen and oxygen atoms in total. The molecule has 1 saturated carbocycles. The van der Waals surface area contributed by atoms with Gasteiger partial charge in [0.05, 0.1) is 11.4 Å². The molecule has 0 bridgehead atoms. The van der Waals surface area contributed by atoms with E-state index in [9.17, 15) is 13.2 Å². The Morgan fingerprint density at radius 1 is 1.23 bits per heavy atom. The molecule has 1 N–H and O–H groups in total. The van der Waals surface area contributed by atoms with Gasteiger partial charge >= 0.3 is 0 Å². The Morgan fingerprint density at radius 2 is 1.91 bits per heavy atom. The molecule has 1 atom stereocenters. The highest BCUT2D eigenvalue weighted by atomic mass is 32.2. The lowest BCUT2D eigenvalue weighted by atomic mass is 10.1. The van der Waals surface area contributed by atoms with Gasteiger partial charge in [-0.1, -0.05) is 6.92 Å². The lowest BCUT2D eigenvalue weighted by Gasteiger charge is -2.28. The molecule has 0 aromatic heterocycles. The van der Waals surface area contributed by atoms with Crippen molar-refractivity contribution in [2.75, 3.05) is 21.9 Å². The van der Waals surface area contributed by atoms with Gasteiger partial charge < -0.3 is 5.32 Å². The fourth-order valence-corrected chi connectivity index (χ4v) is 4.50. The van der Waals surface area contributed by atoms with E-state index in [0.717, 1.165) is 31.4 Å². The van der Waals surface area contributed by atoms with Crippen LogP contribution in [0.4, 0.5) is 11.4 Å². The number of hydrogen-bond acceptors (Lipinski definition) is 3. The molecule has 1 aliphatic carbocycles. The Balaban J connectivity index is 1.68. The molecule has 0 spiro atoms. The number of benzene rings is 1. The zero-order chi connectivity index (χ0) is 15.7. The summed E-state index contributed by atoms with van der Waals surface area (Å²) < 4.78 is 25.6. The summed E-state index contributed by atoms with van der Waals surface area (Å²) in [7, 11) is -3.18. The predicted molar refractivity (Wildman–Crippen MR) is 87.3 cm³/mol. The SMILES string of the molecule is CC(C(=O)Nc1ccc(N2CCCCS2(=O)=O)cc1)C1CC1. The van der Waals surface area contributed by atoms with Crippen LogP contribution in [-0.4, -0.2) is 26.6 Å². The molecule has 0 radical (unpaired) electrons. The van der Waals surface area contributed by atoms with E-state index in [2.05, 4.69) is 5.32 Å². The number of carbonyl (C=O) groups excluding carboxylic acids is 1. The number of amides is 1. The molecule has 1 saturated heterocycles. The van der Waals surface area contributed by atoms with Crippen molar-refractivity contribution in [1.29, 1.82) is 0 Å². The largest absolute Gasteiger partial charge is 0.326 e. The van der Waals surface area contributed by atoms with Crippen LogP contribution in [0, 0.1) is 11.8 Å². The van der Waals surface area contributed by atoms with Crippen molar-refractivity contribution < 1.29 is 13.2 Å². The zero-order valence-corrected chi connectivity index (χ0v) is 13.6. The minimum Gasteiger partial charge on any atom is -0.326 e. The first-order valence-electron chi connectivity index (χ1n) is 7.89. The summed E-state index contributed by atoms with van der Waals surface area (Å²) in [5.74, 6) is 0.825. The molecule has 2 aliphatic rings. The van der Waals surface area contributed by atoms with Crippen molar-refractivity contribution in [2.45, 2.75) is 32.6 Å². The fourth-order valence-electron chi connectivity index (χ4n) is 2.86. The predicted octanol–water partition coefficient (Wildman–Crippen LogP) is 2.60. The highest BCUT2D eigenvalue weighted by molar-refractivity contribution is 7.92. The first-order valence-corrected chi connectivity index (χ1v) is 9.49. The zero-order valence-electron chi connectivity index (χ0n) is 12.8. The molecule has 3 rings (SSSR count). The van der Waals surface area contributed by atoms with Gasteiger partial charge in [-0.05, 0) is 55.9 Å². The second kappa shape index (κ2) is 5.91. The summed E-state index contributed by atoms with van der Waals surface area (Å²) >= 11 is 0. The molecule has 2 fully saturated rings.